The highest BCUT2D eigenvalue weighted by Crippen LogP contribution is 2.11. The van der Waals surface area contributed by atoms with Crippen molar-refractivity contribution in [1.82, 2.24) is 4.90 Å². The molecule has 0 unspecified atom stereocenters. The van der Waals surface area contributed by atoms with Gasteiger partial charge in [-0.3, -0.25) is 9.59 Å². The van der Waals surface area contributed by atoms with Gasteiger partial charge in [-0.25, -0.2) is 4.39 Å². The van der Waals surface area contributed by atoms with E-state index < -0.39 is 5.82 Å². The number of carbonyl (C=O) groups is 2. The lowest BCUT2D eigenvalue weighted by atomic mass is 10.1. The number of halogens is 1. The Morgan fingerprint density at radius 3 is 2.54 bits per heavy atom. The van der Waals surface area contributed by atoms with Gasteiger partial charge >= 0.3 is 0 Å². The number of aryl methyl sites for hydroxylation is 1. The van der Waals surface area contributed by atoms with Crippen LogP contribution < -0.4 is 5.32 Å². The molecule has 0 aliphatic carbocycles. The standard InChI is InChI=1S/C19H21FN2O2/c1-14-5-3-6-16(11-14)13-22(15(2)23)10-9-19(24)21-18-8-4-7-17(20)12-18/h3-8,11-12H,9-10,13H2,1-2H3,(H,21,24). The number of anilines is 1. The molecule has 0 heterocycles. The monoisotopic (exact) mass is 328 g/mol. The molecule has 5 heteroatoms. The minimum Gasteiger partial charge on any atom is -0.338 e. The molecular weight excluding hydrogens is 307 g/mol. The first kappa shape index (κ1) is 17.7. The molecule has 1 N–H and O–H groups in total. The summed E-state index contributed by atoms with van der Waals surface area (Å²) in [6, 6.07) is 13.6. The molecule has 2 aromatic carbocycles. The minimum atomic E-state index is -0.405. The third kappa shape index (κ3) is 5.50. The van der Waals surface area contributed by atoms with Crippen molar-refractivity contribution in [1.29, 1.82) is 0 Å². The van der Waals surface area contributed by atoms with E-state index in [1.54, 1.807) is 11.0 Å². The summed E-state index contributed by atoms with van der Waals surface area (Å²) >= 11 is 0. The molecule has 126 valence electrons. The molecule has 0 saturated heterocycles. The van der Waals surface area contributed by atoms with Gasteiger partial charge < -0.3 is 10.2 Å². The van der Waals surface area contributed by atoms with Crippen LogP contribution in [0.4, 0.5) is 10.1 Å². The fourth-order valence-electron chi connectivity index (χ4n) is 2.40. The van der Waals surface area contributed by atoms with Crippen LogP contribution in [0.2, 0.25) is 0 Å². The summed E-state index contributed by atoms with van der Waals surface area (Å²) in [5.74, 6) is -0.747. The van der Waals surface area contributed by atoms with Gasteiger partial charge in [0.15, 0.2) is 0 Å². The lowest BCUT2D eigenvalue weighted by Gasteiger charge is -2.21. The zero-order valence-corrected chi connectivity index (χ0v) is 13.9. The normalized spacial score (nSPS) is 10.3. The Bertz CT molecular complexity index is 731. The number of amides is 2. The van der Waals surface area contributed by atoms with Gasteiger partial charge in [0.1, 0.15) is 5.82 Å². The second kappa shape index (κ2) is 8.24. The van der Waals surface area contributed by atoms with Crippen LogP contribution in [0.3, 0.4) is 0 Å². The highest BCUT2D eigenvalue weighted by Gasteiger charge is 2.12. The molecule has 2 aromatic rings. The van der Waals surface area contributed by atoms with E-state index in [-0.39, 0.29) is 18.2 Å². The van der Waals surface area contributed by atoms with Gasteiger partial charge in [0.25, 0.3) is 0 Å². The van der Waals surface area contributed by atoms with Gasteiger partial charge in [-0.1, -0.05) is 35.9 Å². The first-order chi connectivity index (χ1) is 11.4. The second-order valence-corrected chi connectivity index (χ2v) is 5.74. The largest absolute Gasteiger partial charge is 0.338 e. The fraction of sp³-hybridized carbons (Fsp3) is 0.263. The van der Waals surface area contributed by atoms with Crippen LogP contribution in [0.1, 0.15) is 24.5 Å². The Morgan fingerprint density at radius 2 is 1.88 bits per heavy atom. The maximum Gasteiger partial charge on any atom is 0.226 e. The molecule has 0 aromatic heterocycles. The van der Waals surface area contributed by atoms with E-state index in [0.29, 0.717) is 18.8 Å². The van der Waals surface area contributed by atoms with Gasteiger partial charge in [0.2, 0.25) is 11.8 Å². The van der Waals surface area contributed by atoms with E-state index in [9.17, 15) is 14.0 Å². The van der Waals surface area contributed by atoms with Crippen molar-refractivity contribution in [3.63, 3.8) is 0 Å². The quantitative estimate of drug-likeness (QED) is 0.882. The molecule has 0 radical (unpaired) electrons. The van der Waals surface area contributed by atoms with Gasteiger partial charge in [0, 0.05) is 32.1 Å². The molecule has 0 aliphatic heterocycles. The van der Waals surface area contributed by atoms with Crippen LogP contribution in [0, 0.1) is 12.7 Å². The average molecular weight is 328 g/mol. The molecule has 0 aliphatic rings. The van der Waals surface area contributed by atoms with Crippen molar-refractivity contribution in [2.45, 2.75) is 26.8 Å². The number of benzene rings is 2. The molecule has 0 fully saturated rings. The van der Waals surface area contributed by atoms with Crippen molar-refractivity contribution < 1.29 is 14.0 Å². The Labute approximate surface area is 141 Å². The molecule has 2 rings (SSSR count). The first-order valence-electron chi connectivity index (χ1n) is 7.80. The average Bonchev–Trinajstić information content (AvgIpc) is 2.51. The van der Waals surface area contributed by atoms with Crippen molar-refractivity contribution in [3.05, 3.63) is 65.5 Å². The number of hydrogen-bond donors (Lipinski definition) is 1. The Balaban J connectivity index is 1.91. The lowest BCUT2D eigenvalue weighted by molar-refractivity contribution is -0.129. The summed E-state index contributed by atoms with van der Waals surface area (Å²) in [6.45, 7) is 4.25. The van der Waals surface area contributed by atoms with Crippen LogP contribution in [0.25, 0.3) is 0 Å². The maximum atomic E-state index is 13.1. The highest BCUT2D eigenvalue weighted by molar-refractivity contribution is 5.91. The molecule has 0 saturated carbocycles. The van der Waals surface area contributed by atoms with Crippen LogP contribution in [-0.4, -0.2) is 23.3 Å². The third-order valence-electron chi connectivity index (χ3n) is 3.62. The predicted octanol–water partition coefficient (Wildman–Crippen LogP) is 3.51. The number of hydrogen-bond acceptors (Lipinski definition) is 2. The summed E-state index contributed by atoms with van der Waals surface area (Å²) in [5.41, 5.74) is 2.56. The summed E-state index contributed by atoms with van der Waals surface area (Å²) in [4.78, 5) is 25.4. The van der Waals surface area contributed by atoms with Crippen LogP contribution in [0.5, 0.6) is 0 Å². The number of nitrogens with zero attached hydrogens (tertiary/aromatic N) is 1. The number of carbonyl (C=O) groups excluding carboxylic acids is 2. The molecule has 0 spiro atoms. The van der Waals surface area contributed by atoms with Crippen LogP contribution >= 0.6 is 0 Å². The van der Waals surface area contributed by atoms with Crippen molar-refractivity contribution in [2.75, 3.05) is 11.9 Å². The minimum absolute atomic E-state index is 0.0879. The van der Waals surface area contributed by atoms with E-state index in [4.69, 9.17) is 0 Å². The van der Waals surface area contributed by atoms with Crippen molar-refractivity contribution in [2.24, 2.45) is 0 Å². The van der Waals surface area contributed by atoms with Gasteiger partial charge in [-0.05, 0) is 30.7 Å². The molecule has 0 atom stereocenters. The molecule has 2 amide bonds. The fourth-order valence-corrected chi connectivity index (χ4v) is 2.40. The van der Waals surface area contributed by atoms with Crippen LogP contribution in [0.15, 0.2) is 48.5 Å². The van der Waals surface area contributed by atoms with Crippen molar-refractivity contribution in [3.8, 4) is 0 Å². The Kier molecular flexibility index (Phi) is 6.07. The highest BCUT2D eigenvalue weighted by atomic mass is 19.1. The smallest absolute Gasteiger partial charge is 0.226 e. The van der Waals surface area contributed by atoms with E-state index in [0.717, 1.165) is 11.1 Å². The van der Waals surface area contributed by atoms with Gasteiger partial charge in [0.05, 0.1) is 0 Å². The van der Waals surface area contributed by atoms with E-state index in [1.165, 1.54) is 25.1 Å². The summed E-state index contributed by atoms with van der Waals surface area (Å²) in [6.07, 6.45) is 0.155. The second-order valence-electron chi connectivity index (χ2n) is 5.74. The zero-order valence-electron chi connectivity index (χ0n) is 13.9. The summed E-state index contributed by atoms with van der Waals surface area (Å²) < 4.78 is 13.1. The first-order valence-corrected chi connectivity index (χ1v) is 7.80. The summed E-state index contributed by atoms with van der Waals surface area (Å²) in [5, 5.41) is 2.63. The topological polar surface area (TPSA) is 49.4 Å². The molecule has 4 nitrogen and oxygen atoms in total. The molecule has 0 bridgehead atoms. The lowest BCUT2D eigenvalue weighted by Crippen LogP contribution is -2.31. The maximum absolute atomic E-state index is 13.1. The molecule has 24 heavy (non-hydrogen) atoms. The summed E-state index contributed by atoms with van der Waals surface area (Å²) in [7, 11) is 0. The van der Waals surface area contributed by atoms with Gasteiger partial charge in [-0.2, -0.15) is 0 Å². The van der Waals surface area contributed by atoms with Gasteiger partial charge in [-0.15, -0.1) is 0 Å². The predicted molar refractivity (Wildman–Crippen MR) is 91.9 cm³/mol. The number of rotatable bonds is 6. The van der Waals surface area contributed by atoms with E-state index in [1.807, 2.05) is 31.2 Å². The Hall–Kier alpha value is -2.69. The van der Waals surface area contributed by atoms with E-state index >= 15 is 0 Å². The van der Waals surface area contributed by atoms with E-state index in [2.05, 4.69) is 5.32 Å². The molecular formula is C19H21FN2O2. The SMILES string of the molecule is CC(=O)N(CCC(=O)Nc1cccc(F)c1)Cc1cccc(C)c1. The zero-order chi connectivity index (χ0) is 17.5. The third-order valence-corrected chi connectivity index (χ3v) is 3.62. The number of nitrogens with one attached hydrogen (secondary N) is 1. The Morgan fingerprint density at radius 1 is 1.12 bits per heavy atom. The van der Waals surface area contributed by atoms with Crippen LogP contribution in [-0.2, 0) is 16.1 Å². The van der Waals surface area contributed by atoms with Crippen molar-refractivity contribution >= 4 is 17.5 Å².